The maximum Gasteiger partial charge on any atom is 0.222 e. The van der Waals surface area contributed by atoms with Gasteiger partial charge in [0, 0.05) is 31.8 Å². The van der Waals surface area contributed by atoms with E-state index in [2.05, 4.69) is 32.0 Å². The van der Waals surface area contributed by atoms with E-state index in [1.54, 1.807) is 0 Å². The Kier molecular flexibility index (Phi) is 7.47. The van der Waals surface area contributed by atoms with Gasteiger partial charge in [-0.05, 0) is 96.9 Å². The lowest BCUT2D eigenvalue weighted by atomic mass is 9.54. The fraction of sp³-hybridized carbons (Fsp3) is 0.576. The molecule has 5 atom stereocenters. The number of rotatable bonds is 8. The molecule has 0 saturated heterocycles. The maximum absolute atomic E-state index is 13.3. The zero-order chi connectivity index (χ0) is 26.2. The van der Waals surface area contributed by atoms with Crippen molar-refractivity contribution in [2.24, 2.45) is 23.2 Å². The van der Waals surface area contributed by atoms with Gasteiger partial charge in [-0.15, -0.1) is 0 Å². The third kappa shape index (κ3) is 4.96. The Balaban J connectivity index is 1.27. The Morgan fingerprint density at radius 1 is 1.16 bits per heavy atom. The van der Waals surface area contributed by atoms with Crippen LogP contribution in [0.15, 0.2) is 42.5 Å². The molecular formula is C33H43NO3. The molecule has 0 aliphatic heterocycles. The largest absolute Gasteiger partial charge is 0.508 e. The van der Waals surface area contributed by atoms with E-state index in [1.807, 2.05) is 36.2 Å². The molecule has 2 aromatic rings. The predicted octanol–water partition coefficient (Wildman–Crippen LogP) is 6.82. The Labute approximate surface area is 222 Å². The first kappa shape index (κ1) is 26.0. The molecule has 2 saturated carbocycles. The minimum Gasteiger partial charge on any atom is -0.508 e. The summed E-state index contributed by atoms with van der Waals surface area (Å²) in [6, 6.07) is 14.5. The summed E-state index contributed by atoms with van der Waals surface area (Å²) in [7, 11) is 1.89. The van der Waals surface area contributed by atoms with Gasteiger partial charge in [0.2, 0.25) is 5.91 Å². The van der Waals surface area contributed by atoms with Crippen LogP contribution in [-0.4, -0.2) is 28.7 Å². The van der Waals surface area contributed by atoms with Crippen LogP contribution in [0.5, 0.6) is 5.75 Å². The zero-order valence-corrected chi connectivity index (χ0v) is 22.8. The van der Waals surface area contributed by atoms with E-state index >= 15 is 0 Å². The highest BCUT2D eigenvalue weighted by Gasteiger charge is 2.58. The number of aryl methyl sites for hydroxylation is 2. The van der Waals surface area contributed by atoms with Gasteiger partial charge in [-0.2, -0.15) is 0 Å². The zero-order valence-electron chi connectivity index (χ0n) is 22.8. The second-order valence-electron chi connectivity index (χ2n) is 12.2. The van der Waals surface area contributed by atoms with E-state index in [0.29, 0.717) is 54.6 Å². The fourth-order valence-electron chi connectivity index (χ4n) is 8.10. The predicted molar refractivity (Wildman–Crippen MR) is 147 cm³/mol. The van der Waals surface area contributed by atoms with Gasteiger partial charge in [-0.1, -0.05) is 56.7 Å². The number of hydrogen-bond donors (Lipinski definition) is 1. The molecule has 2 aromatic carbocycles. The molecule has 0 aromatic heterocycles. The van der Waals surface area contributed by atoms with Gasteiger partial charge in [-0.25, -0.2) is 0 Å². The molecule has 198 valence electrons. The van der Waals surface area contributed by atoms with E-state index in [9.17, 15) is 14.7 Å². The second kappa shape index (κ2) is 10.6. The first-order chi connectivity index (χ1) is 17.8. The normalized spacial score (nSPS) is 28.4. The highest BCUT2D eigenvalue weighted by atomic mass is 16.3. The van der Waals surface area contributed by atoms with Crippen molar-refractivity contribution in [2.75, 3.05) is 7.05 Å². The second-order valence-corrected chi connectivity index (χ2v) is 12.2. The number of hydrogen-bond acceptors (Lipinski definition) is 3. The third-order valence-corrected chi connectivity index (χ3v) is 9.94. The van der Waals surface area contributed by atoms with Crippen molar-refractivity contribution in [2.45, 2.75) is 90.5 Å². The Morgan fingerprint density at radius 3 is 2.70 bits per heavy atom. The summed E-state index contributed by atoms with van der Waals surface area (Å²) in [4.78, 5) is 28.0. The third-order valence-electron chi connectivity index (χ3n) is 9.94. The van der Waals surface area contributed by atoms with Gasteiger partial charge in [0.05, 0.1) is 0 Å². The average Bonchev–Trinajstić information content (AvgIpc) is 3.14. The number of phenolic OH excluding ortho intramolecular Hbond substituents is 1. The first-order valence-electron chi connectivity index (χ1n) is 14.5. The SMILES string of the molecule is CCCc1cc2c(cc1O)CCC1C2CC[C@]2(C)C(=O)C[C@@H](CCCC(=O)N(C)Cc3ccccc3)C12. The summed E-state index contributed by atoms with van der Waals surface area (Å²) < 4.78 is 0. The molecule has 3 unspecified atom stereocenters. The van der Waals surface area contributed by atoms with Crippen LogP contribution in [0.25, 0.3) is 0 Å². The topological polar surface area (TPSA) is 57.6 Å². The quantitative estimate of drug-likeness (QED) is 0.431. The van der Waals surface area contributed by atoms with Crippen molar-refractivity contribution in [1.29, 1.82) is 0 Å². The number of carbonyl (C=O) groups is 2. The average molecular weight is 502 g/mol. The molecule has 4 heteroatoms. The van der Waals surface area contributed by atoms with Crippen LogP contribution in [0.1, 0.15) is 93.4 Å². The number of ketones is 1. The molecule has 5 rings (SSSR count). The molecule has 0 spiro atoms. The lowest BCUT2D eigenvalue weighted by molar-refractivity contribution is -0.131. The molecular weight excluding hydrogens is 458 g/mol. The summed E-state index contributed by atoms with van der Waals surface area (Å²) >= 11 is 0. The molecule has 37 heavy (non-hydrogen) atoms. The number of benzene rings is 2. The number of Topliss-reactive ketones (excluding diaryl/α,β-unsaturated/α-hetero) is 1. The van der Waals surface area contributed by atoms with Gasteiger partial charge in [-0.3, -0.25) is 9.59 Å². The van der Waals surface area contributed by atoms with E-state index in [1.165, 1.54) is 11.1 Å². The summed E-state index contributed by atoms with van der Waals surface area (Å²) in [6.07, 6.45) is 9.12. The number of fused-ring (bicyclic) bond motifs is 5. The van der Waals surface area contributed by atoms with Crippen molar-refractivity contribution < 1.29 is 14.7 Å². The summed E-state index contributed by atoms with van der Waals surface area (Å²) in [5, 5.41) is 10.5. The monoisotopic (exact) mass is 501 g/mol. The molecule has 4 nitrogen and oxygen atoms in total. The summed E-state index contributed by atoms with van der Waals surface area (Å²) in [6.45, 7) is 5.04. The highest BCUT2D eigenvalue weighted by molar-refractivity contribution is 5.87. The molecule has 0 heterocycles. The summed E-state index contributed by atoms with van der Waals surface area (Å²) in [5.74, 6) is 2.90. The lowest BCUT2D eigenvalue weighted by Crippen LogP contribution is -2.44. The Morgan fingerprint density at radius 2 is 1.95 bits per heavy atom. The maximum atomic E-state index is 13.3. The summed E-state index contributed by atoms with van der Waals surface area (Å²) in [5.41, 5.74) is 4.77. The fourth-order valence-corrected chi connectivity index (χ4v) is 8.10. The minimum atomic E-state index is -0.208. The van der Waals surface area contributed by atoms with Crippen molar-refractivity contribution in [3.8, 4) is 5.75 Å². The Bertz CT molecular complexity index is 1140. The van der Waals surface area contributed by atoms with Gasteiger partial charge < -0.3 is 10.0 Å². The Hall–Kier alpha value is -2.62. The standard InChI is InChI=1S/C33H43NO3/c1-4-9-24-18-28-23(19-29(24)35)14-15-27-26(28)16-17-33(2)30(36)20-25(32(27)33)12-8-13-31(37)34(3)21-22-10-6-5-7-11-22/h5-7,10-11,18-19,25-27,32,35H,4,8-9,12-17,20-21H2,1-3H3/t25-,26?,27?,32?,33-/m1/s1. The van der Waals surface area contributed by atoms with Crippen LogP contribution in [0.2, 0.25) is 0 Å². The van der Waals surface area contributed by atoms with Gasteiger partial charge >= 0.3 is 0 Å². The molecule has 0 radical (unpaired) electrons. The lowest BCUT2D eigenvalue weighted by Gasteiger charge is -2.50. The van der Waals surface area contributed by atoms with E-state index < -0.39 is 0 Å². The number of aromatic hydroxyl groups is 1. The van der Waals surface area contributed by atoms with Crippen LogP contribution < -0.4 is 0 Å². The van der Waals surface area contributed by atoms with Crippen molar-refractivity contribution >= 4 is 11.7 Å². The van der Waals surface area contributed by atoms with E-state index in [0.717, 1.165) is 62.5 Å². The minimum absolute atomic E-state index is 0.187. The van der Waals surface area contributed by atoms with Gasteiger partial charge in [0.25, 0.3) is 0 Å². The number of carbonyl (C=O) groups excluding carboxylic acids is 2. The molecule has 0 bridgehead atoms. The van der Waals surface area contributed by atoms with Gasteiger partial charge in [0.15, 0.2) is 0 Å². The highest BCUT2D eigenvalue weighted by Crippen LogP contribution is 2.62. The van der Waals surface area contributed by atoms with Crippen LogP contribution >= 0.6 is 0 Å². The van der Waals surface area contributed by atoms with E-state index in [4.69, 9.17) is 0 Å². The molecule has 1 N–H and O–H groups in total. The molecule has 2 fully saturated rings. The number of nitrogens with zero attached hydrogens (tertiary/aromatic N) is 1. The van der Waals surface area contributed by atoms with Crippen LogP contribution in [0.3, 0.4) is 0 Å². The molecule has 1 amide bonds. The van der Waals surface area contributed by atoms with Crippen LogP contribution in [-0.2, 0) is 29.0 Å². The van der Waals surface area contributed by atoms with Crippen molar-refractivity contribution in [3.05, 3.63) is 64.7 Å². The molecule has 3 aliphatic rings. The number of amides is 1. The molecule has 3 aliphatic carbocycles. The van der Waals surface area contributed by atoms with Gasteiger partial charge in [0.1, 0.15) is 11.5 Å². The smallest absolute Gasteiger partial charge is 0.222 e. The number of phenols is 1. The van der Waals surface area contributed by atoms with Crippen LogP contribution in [0, 0.1) is 23.2 Å². The first-order valence-corrected chi connectivity index (χ1v) is 14.5. The van der Waals surface area contributed by atoms with Crippen molar-refractivity contribution in [3.63, 3.8) is 0 Å². The van der Waals surface area contributed by atoms with E-state index in [-0.39, 0.29) is 11.3 Å². The van der Waals surface area contributed by atoms with Crippen molar-refractivity contribution in [1.82, 2.24) is 4.90 Å². The van der Waals surface area contributed by atoms with Crippen LogP contribution in [0.4, 0.5) is 0 Å².